The van der Waals surface area contributed by atoms with Gasteiger partial charge in [0.05, 0.1) is 0 Å². The van der Waals surface area contributed by atoms with Crippen molar-refractivity contribution in [2.75, 3.05) is 0 Å². The molecule has 2 aromatic carbocycles. The minimum atomic E-state index is -0.0414. The van der Waals surface area contributed by atoms with Gasteiger partial charge in [0.1, 0.15) is 0 Å². The zero-order chi connectivity index (χ0) is 18.8. The summed E-state index contributed by atoms with van der Waals surface area (Å²) in [5.41, 5.74) is 8.08. The summed E-state index contributed by atoms with van der Waals surface area (Å²) >= 11 is 10.8. The van der Waals surface area contributed by atoms with Crippen LogP contribution in [0.15, 0.2) is 36.4 Å². The monoisotopic (exact) mass is 744 g/mol. The first kappa shape index (κ1) is 27.5. The van der Waals surface area contributed by atoms with Gasteiger partial charge >= 0.3 is 0 Å². The summed E-state index contributed by atoms with van der Waals surface area (Å²) in [5, 5.41) is 0.521. The summed E-state index contributed by atoms with van der Waals surface area (Å²) in [4.78, 5) is 0. The number of aryl methyl sites for hydroxylation is 2. The second-order valence-corrected chi connectivity index (χ2v) is 9.55. The summed E-state index contributed by atoms with van der Waals surface area (Å²) in [7, 11) is 0. The van der Waals surface area contributed by atoms with Crippen LogP contribution in [0.2, 0.25) is 0 Å². The van der Waals surface area contributed by atoms with Crippen molar-refractivity contribution >= 4 is 25.3 Å². The van der Waals surface area contributed by atoms with Crippen molar-refractivity contribution < 1.29 is 40.8 Å². The van der Waals surface area contributed by atoms with Crippen molar-refractivity contribution in [1.29, 1.82) is 0 Å². The van der Waals surface area contributed by atoms with E-state index in [1.54, 1.807) is 0 Å². The summed E-state index contributed by atoms with van der Waals surface area (Å²) in [6, 6.07) is 13.7. The van der Waals surface area contributed by atoms with Gasteiger partial charge in [-0.05, 0) is 60.1 Å². The molecule has 2 atom stereocenters. The maximum absolute atomic E-state index is 5.41. The summed E-state index contributed by atoms with van der Waals surface area (Å²) in [6.45, 7) is 13.2. The van der Waals surface area contributed by atoms with E-state index in [1.807, 2.05) is 0 Å². The fourth-order valence-electron chi connectivity index (χ4n) is 3.35. The Morgan fingerprint density at radius 2 is 1.07 bits per heavy atom. The van der Waals surface area contributed by atoms with Gasteiger partial charge in [0.25, 0.3) is 0 Å². The molecular formula is C23H30Re2S2-2. The largest absolute Gasteiger partial charge is 0.789 e. The average Bonchev–Trinajstić information content (AvgIpc) is 2.50. The first-order chi connectivity index (χ1) is 11.6. The van der Waals surface area contributed by atoms with Crippen molar-refractivity contribution in [2.24, 2.45) is 0 Å². The van der Waals surface area contributed by atoms with Crippen molar-refractivity contribution in [2.45, 2.75) is 70.3 Å². The molecule has 0 aliphatic rings. The van der Waals surface area contributed by atoms with Crippen LogP contribution >= 0.6 is 0 Å². The molecule has 0 fully saturated rings. The predicted molar refractivity (Wildman–Crippen MR) is 116 cm³/mol. The molecule has 0 heterocycles. The van der Waals surface area contributed by atoms with Gasteiger partial charge in [0.15, 0.2) is 0 Å². The third-order valence-corrected chi connectivity index (χ3v) is 5.49. The van der Waals surface area contributed by atoms with Crippen molar-refractivity contribution in [3.05, 3.63) is 69.8 Å². The van der Waals surface area contributed by atoms with E-state index in [9.17, 15) is 0 Å². The first-order valence-electron chi connectivity index (χ1n) is 9.13. The quantitative estimate of drug-likeness (QED) is 0.355. The first-order valence-corrected chi connectivity index (χ1v) is 10.1. The van der Waals surface area contributed by atoms with E-state index in [4.69, 9.17) is 25.3 Å². The molecule has 4 heteroatoms. The summed E-state index contributed by atoms with van der Waals surface area (Å²) in [5.74, 6) is 0. The summed E-state index contributed by atoms with van der Waals surface area (Å²) < 4.78 is 0. The molecule has 0 spiro atoms. The molecule has 0 amide bonds. The third kappa shape index (κ3) is 7.34. The van der Waals surface area contributed by atoms with Gasteiger partial charge in [-0.2, -0.15) is 10.5 Å². The fourth-order valence-corrected chi connectivity index (χ4v) is 3.71. The standard InChI is InChI=1S/C23H32S2.2Re/c1-15-7-9-21(13-19(15)11-17(3)24)23(5,6)22-10-8-16(2)20(14-22)12-18(4)25;;/h7-10,13-14,17-18,24-25H,11-12H2,1-6H3;;/p-2. The van der Waals surface area contributed by atoms with E-state index >= 15 is 0 Å². The van der Waals surface area contributed by atoms with Crippen LogP contribution < -0.4 is 0 Å². The molecule has 0 N–H and O–H groups in total. The molecule has 0 aliphatic heterocycles. The molecule has 0 aromatic heterocycles. The van der Waals surface area contributed by atoms with Crippen molar-refractivity contribution in [3.8, 4) is 0 Å². The Kier molecular flexibility index (Phi) is 11.8. The minimum Gasteiger partial charge on any atom is -0.789 e. The van der Waals surface area contributed by atoms with E-state index in [1.165, 1.54) is 33.4 Å². The number of hydrogen-bond acceptors (Lipinski definition) is 2. The molecule has 2 aromatic rings. The Labute approximate surface area is 204 Å². The Morgan fingerprint density at radius 3 is 1.37 bits per heavy atom. The van der Waals surface area contributed by atoms with Crippen LogP contribution in [0.5, 0.6) is 0 Å². The maximum atomic E-state index is 5.41. The summed E-state index contributed by atoms with van der Waals surface area (Å²) in [6.07, 6.45) is 1.91. The van der Waals surface area contributed by atoms with Gasteiger partial charge in [0, 0.05) is 46.3 Å². The van der Waals surface area contributed by atoms with E-state index < -0.39 is 0 Å². The Bertz CT molecular complexity index is 676. The predicted octanol–water partition coefficient (Wildman–Crippen LogP) is 5.58. The molecule has 0 saturated carbocycles. The van der Waals surface area contributed by atoms with Crippen LogP contribution in [0.3, 0.4) is 0 Å². The number of benzene rings is 2. The molecule has 2 radical (unpaired) electrons. The molecular weight excluding hydrogens is 713 g/mol. The molecule has 2 rings (SSSR count). The van der Waals surface area contributed by atoms with Gasteiger partial charge in [-0.3, -0.25) is 0 Å². The van der Waals surface area contributed by atoms with Gasteiger partial charge in [-0.25, -0.2) is 0 Å². The maximum Gasteiger partial charge on any atom is 0.0146 e. The smallest absolute Gasteiger partial charge is 0.0146 e. The second kappa shape index (κ2) is 11.6. The zero-order valence-corrected chi connectivity index (χ0v) is 24.2. The minimum absolute atomic E-state index is 0. The number of rotatable bonds is 6. The Hall–Kier alpha value is 0.465. The van der Waals surface area contributed by atoms with Crippen LogP contribution in [0.4, 0.5) is 0 Å². The van der Waals surface area contributed by atoms with Gasteiger partial charge in [0.2, 0.25) is 0 Å². The van der Waals surface area contributed by atoms with Gasteiger partial charge in [-0.1, -0.05) is 64.1 Å². The average molecular weight is 743 g/mol. The molecule has 27 heavy (non-hydrogen) atoms. The van der Waals surface area contributed by atoms with Crippen LogP contribution in [-0.4, -0.2) is 10.5 Å². The van der Waals surface area contributed by atoms with Crippen LogP contribution in [0.25, 0.3) is 0 Å². The van der Waals surface area contributed by atoms with Crippen LogP contribution in [0, 0.1) is 13.8 Å². The van der Waals surface area contributed by atoms with Gasteiger partial charge in [-0.15, -0.1) is 0 Å². The van der Waals surface area contributed by atoms with E-state index in [0.29, 0.717) is 0 Å². The molecule has 0 saturated heterocycles. The second-order valence-electron chi connectivity index (χ2n) is 7.94. The Balaban J connectivity index is 0.00000338. The molecule has 0 nitrogen and oxygen atoms in total. The zero-order valence-electron chi connectivity index (χ0n) is 17.1. The molecule has 0 aliphatic carbocycles. The molecule has 0 bridgehead atoms. The normalized spacial score (nSPS) is 13.3. The Morgan fingerprint density at radius 1 is 0.741 bits per heavy atom. The fraction of sp³-hybridized carbons (Fsp3) is 0.478. The van der Waals surface area contributed by atoms with Crippen molar-refractivity contribution in [1.82, 2.24) is 0 Å². The topological polar surface area (TPSA) is 0 Å². The number of hydrogen-bond donors (Lipinski definition) is 0. The van der Waals surface area contributed by atoms with Crippen molar-refractivity contribution in [3.63, 3.8) is 0 Å². The van der Waals surface area contributed by atoms with E-state index in [2.05, 4.69) is 77.9 Å². The molecule has 2 unspecified atom stereocenters. The SMILES string of the molecule is Cc1ccc(C(C)(C)c2ccc(C)c(CC(C)[S-])c2)cc1CC(C)[S-].[Re].[Re]. The van der Waals surface area contributed by atoms with E-state index in [-0.39, 0.29) is 56.8 Å². The third-order valence-electron chi connectivity index (χ3n) is 5.16. The van der Waals surface area contributed by atoms with Gasteiger partial charge < -0.3 is 25.3 Å². The van der Waals surface area contributed by atoms with Crippen LogP contribution in [-0.2, 0) is 84.4 Å². The molecule has 150 valence electrons. The van der Waals surface area contributed by atoms with Crippen LogP contribution in [0.1, 0.15) is 61.1 Å². The van der Waals surface area contributed by atoms with E-state index in [0.717, 1.165) is 12.8 Å².